The highest BCUT2D eigenvalue weighted by atomic mass is 16.2. The fraction of sp³-hybridized carbons (Fsp3) is 0.714. The van der Waals surface area contributed by atoms with Gasteiger partial charge in [0.05, 0.1) is 11.4 Å². The summed E-state index contributed by atoms with van der Waals surface area (Å²) in [7, 11) is 0. The van der Waals surface area contributed by atoms with E-state index >= 15 is 0 Å². The number of anilines is 1. The van der Waals surface area contributed by atoms with E-state index in [1.54, 1.807) is 0 Å². The van der Waals surface area contributed by atoms with Crippen molar-refractivity contribution in [1.29, 1.82) is 0 Å². The second kappa shape index (κ2) is 6.59. The summed E-state index contributed by atoms with van der Waals surface area (Å²) in [4.78, 5) is 12.2. The van der Waals surface area contributed by atoms with Gasteiger partial charge in [-0.1, -0.05) is 40.5 Å². The molecule has 108 valence electrons. The van der Waals surface area contributed by atoms with Gasteiger partial charge in [0.2, 0.25) is 0 Å². The molecule has 1 aromatic heterocycles. The summed E-state index contributed by atoms with van der Waals surface area (Å²) in [5, 5.41) is 9.88. The van der Waals surface area contributed by atoms with E-state index in [1.165, 1.54) is 0 Å². The first-order valence-electron chi connectivity index (χ1n) is 7.06. The van der Waals surface area contributed by atoms with Crippen LogP contribution in [0.5, 0.6) is 0 Å². The minimum atomic E-state index is -0.194. The van der Waals surface area contributed by atoms with Crippen molar-refractivity contribution in [3.8, 4) is 0 Å². The summed E-state index contributed by atoms with van der Waals surface area (Å²) in [6.07, 6.45) is 2.09. The van der Waals surface area contributed by atoms with Crippen LogP contribution in [-0.2, 0) is 0 Å². The summed E-state index contributed by atoms with van der Waals surface area (Å²) in [5.74, 6) is 0.513. The third kappa shape index (κ3) is 3.49. The predicted octanol–water partition coefficient (Wildman–Crippen LogP) is 2.67. The number of nitrogens with two attached hydrogens (primary N) is 1. The molecule has 0 aromatic carbocycles. The number of aromatic nitrogens is 2. The highest BCUT2D eigenvalue weighted by molar-refractivity contribution is 5.97. The SMILES string of the molecule is CCC(CC)C(C)NC(=O)c1n[nH]c(C(C)C)c1N. The molecule has 0 spiro atoms. The number of aromatic amines is 1. The van der Waals surface area contributed by atoms with Gasteiger partial charge < -0.3 is 11.1 Å². The summed E-state index contributed by atoms with van der Waals surface area (Å²) in [6.45, 7) is 10.3. The third-order valence-electron chi connectivity index (χ3n) is 3.74. The summed E-state index contributed by atoms with van der Waals surface area (Å²) in [5.41, 5.74) is 7.56. The molecule has 1 atom stereocenters. The van der Waals surface area contributed by atoms with Crippen LogP contribution in [0.3, 0.4) is 0 Å². The van der Waals surface area contributed by atoms with Crippen LogP contribution in [0.15, 0.2) is 0 Å². The van der Waals surface area contributed by atoms with Crippen molar-refractivity contribution in [2.24, 2.45) is 5.92 Å². The summed E-state index contributed by atoms with van der Waals surface area (Å²) in [6, 6.07) is 0.126. The number of nitrogens with zero attached hydrogens (tertiary/aromatic N) is 1. The molecule has 0 aliphatic carbocycles. The molecule has 1 amide bonds. The number of hydrogen-bond donors (Lipinski definition) is 3. The first-order chi connectivity index (χ1) is 8.92. The van der Waals surface area contributed by atoms with Gasteiger partial charge in [0.15, 0.2) is 5.69 Å². The minimum absolute atomic E-state index is 0.126. The van der Waals surface area contributed by atoms with Crippen LogP contribution in [0.1, 0.15) is 69.6 Å². The Labute approximate surface area is 115 Å². The van der Waals surface area contributed by atoms with Crippen molar-refractivity contribution in [3.05, 3.63) is 11.4 Å². The Hall–Kier alpha value is -1.52. The van der Waals surface area contributed by atoms with E-state index in [0.717, 1.165) is 18.5 Å². The molecule has 0 saturated heterocycles. The third-order valence-corrected chi connectivity index (χ3v) is 3.74. The average Bonchev–Trinajstić information content (AvgIpc) is 2.72. The van der Waals surface area contributed by atoms with Crippen LogP contribution in [0.25, 0.3) is 0 Å². The van der Waals surface area contributed by atoms with Gasteiger partial charge in [0.1, 0.15) is 0 Å². The number of nitrogen functional groups attached to an aromatic ring is 1. The Morgan fingerprint density at radius 2 is 1.89 bits per heavy atom. The lowest BCUT2D eigenvalue weighted by Gasteiger charge is -2.22. The van der Waals surface area contributed by atoms with Crippen LogP contribution in [0.2, 0.25) is 0 Å². The van der Waals surface area contributed by atoms with Crippen LogP contribution >= 0.6 is 0 Å². The van der Waals surface area contributed by atoms with Crippen molar-refractivity contribution in [2.75, 3.05) is 5.73 Å². The lowest BCUT2D eigenvalue weighted by Crippen LogP contribution is -2.38. The Kier molecular flexibility index (Phi) is 5.39. The number of H-pyrrole nitrogens is 1. The number of amides is 1. The van der Waals surface area contributed by atoms with E-state index < -0.39 is 0 Å². The Morgan fingerprint density at radius 3 is 2.32 bits per heavy atom. The van der Waals surface area contributed by atoms with Gasteiger partial charge in [0, 0.05) is 6.04 Å². The van der Waals surface area contributed by atoms with Crippen LogP contribution in [-0.4, -0.2) is 22.1 Å². The summed E-state index contributed by atoms with van der Waals surface area (Å²) >= 11 is 0. The number of hydrogen-bond acceptors (Lipinski definition) is 3. The standard InChI is InChI=1S/C14H26N4O/c1-6-10(7-2)9(5)16-14(19)13-11(15)12(8(3)4)17-18-13/h8-10H,6-7,15H2,1-5H3,(H,16,19)(H,17,18). The number of nitrogens with one attached hydrogen (secondary N) is 2. The maximum absolute atomic E-state index is 12.2. The van der Waals surface area contributed by atoms with Gasteiger partial charge in [-0.05, 0) is 18.8 Å². The molecule has 19 heavy (non-hydrogen) atoms. The maximum Gasteiger partial charge on any atom is 0.274 e. The van der Waals surface area contributed by atoms with Gasteiger partial charge in [-0.2, -0.15) is 5.10 Å². The van der Waals surface area contributed by atoms with Gasteiger partial charge in [-0.25, -0.2) is 0 Å². The first kappa shape index (κ1) is 15.5. The second-order valence-electron chi connectivity index (χ2n) is 5.39. The molecule has 0 saturated carbocycles. The smallest absolute Gasteiger partial charge is 0.274 e. The molecule has 1 heterocycles. The van der Waals surface area contributed by atoms with E-state index in [4.69, 9.17) is 5.73 Å². The molecule has 0 fully saturated rings. The Morgan fingerprint density at radius 1 is 1.32 bits per heavy atom. The van der Waals surface area contributed by atoms with Crippen LogP contribution < -0.4 is 11.1 Å². The molecular weight excluding hydrogens is 240 g/mol. The van der Waals surface area contributed by atoms with Crippen LogP contribution in [0.4, 0.5) is 5.69 Å². The van der Waals surface area contributed by atoms with E-state index in [-0.39, 0.29) is 17.9 Å². The fourth-order valence-electron chi connectivity index (χ4n) is 2.37. The molecule has 1 unspecified atom stereocenters. The van der Waals surface area contributed by atoms with E-state index in [0.29, 0.717) is 17.3 Å². The van der Waals surface area contributed by atoms with Crippen molar-refractivity contribution < 1.29 is 4.79 Å². The monoisotopic (exact) mass is 266 g/mol. The predicted molar refractivity (Wildman–Crippen MR) is 78.1 cm³/mol. The normalized spacial score (nSPS) is 13.0. The zero-order chi connectivity index (χ0) is 14.6. The maximum atomic E-state index is 12.2. The van der Waals surface area contributed by atoms with Crippen molar-refractivity contribution in [2.45, 2.75) is 59.4 Å². The quantitative estimate of drug-likeness (QED) is 0.740. The molecule has 0 radical (unpaired) electrons. The van der Waals surface area contributed by atoms with E-state index in [2.05, 4.69) is 29.4 Å². The molecule has 0 bridgehead atoms. The van der Waals surface area contributed by atoms with Gasteiger partial charge in [0.25, 0.3) is 5.91 Å². The lowest BCUT2D eigenvalue weighted by molar-refractivity contribution is 0.0921. The highest BCUT2D eigenvalue weighted by Crippen LogP contribution is 2.22. The topological polar surface area (TPSA) is 83.8 Å². The second-order valence-corrected chi connectivity index (χ2v) is 5.39. The first-order valence-corrected chi connectivity index (χ1v) is 7.06. The molecule has 5 heteroatoms. The lowest BCUT2D eigenvalue weighted by atomic mass is 9.95. The number of rotatable bonds is 6. The van der Waals surface area contributed by atoms with Gasteiger partial charge in [-0.15, -0.1) is 0 Å². The number of carbonyl (C=O) groups excluding carboxylic acids is 1. The van der Waals surface area contributed by atoms with Crippen LogP contribution in [0, 0.1) is 5.92 Å². The van der Waals surface area contributed by atoms with E-state index in [1.807, 2.05) is 20.8 Å². The molecule has 0 aliphatic heterocycles. The van der Waals surface area contributed by atoms with E-state index in [9.17, 15) is 4.79 Å². The fourth-order valence-corrected chi connectivity index (χ4v) is 2.37. The molecular formula is C14H26N4O. The molecule has 1 aromatic rings. The summed E-state index contributed by atoms with van der Waals surface area (Å²) < 4.78 is 0. The van der Waals surface area contributed by atoms with Crippen molar-refractivity contribution in [1.82, 2.24) is 15.5 Å². The average molecular weight is 266 g/mol. The Balaban J connectivity index is 2.79. The van der Waals surface area contributed by atoms with Gasteiger partial charge >= 0.3 is 0 Å². The highest BCUT2D eigenvalue weighted by Gasteiger charge is 2.22. The largest absolute Gasteiger partial charge is 0.395 e. The van der Waals surface area contributed by atoms with Gasteiger partial charge in [-0.3, -0.25) is 9.89 Å². The zero-order valence-corrected chi connectivity index (χ0v) is 12.6. The zero-order valence-electron chi connectivity index (χ0n) is 12.6. The number of carbonyl (C=O) groups is 1. The Bertz CT molecular complexity index is 421. The molecule has 0 aliphatic rings. The molecule has 5 nitrogen and oxygen atoms in total. The van der Waals surface area contributed by atoms with Crippen molar-refractivity contribution in [3.63, 3.8) is 0 Å². The van der Waals surface area contributed by atoms with Crippen molar-refractivity contribution >= 4 is 11.6 Å². The minimum Gasteiger partial charge on any atom is -0.395 e. The molecule has 1 rings (SSSR count). The molecule has 4 N–H and O–H groups in total.